The summed E-state index contributed by atoms with van der Waals surface area (Å²) in [7, 11) is 0. The summed E-state index contributed by atoms with van der Waals surface area (Å²) in [5.41, 5.74) is 2.52. The number of fused-ring (bicyclic) bond motifs is 1. The Morgan fingerprint density at radius 3 is 2.41 bits per heavy atom. The van der Waals surface area contributed by atoms with Gasteiger partial charge < -0.3 is 14.2 Å². The smallest absolute Gasteiger partial charge is 0.340 e. The number of ether oxygens (including phenoxy) is 1. The summed E-state index contributed by atoms with van der Waals surface area (Å²) >= 11 is 0. The van der Waals surface area contributed by atoms with Gasteiger partial charge in [0.2, 0.25) is 0 Å². The van der Waals surface area contributed by atoms with Crippen LogP contribution in [-0.2, 0) is 22.6 Å². The van der Waals surface area contributed by atoms with Gasteiger partial charge in [-0.05, 0) is 25.5 Å². The number of esters is 1. The Bertz CT molecular complexity index is 931. The molecule has 0 saturated heterocycles. The molecule has 0 aliphatic carbocycles. The third kappa shape index (κ3) is 4.19. The van der Waals surface area contributed by atoms with Gasteiger partial charge in [0, 0.05) is 36.7 Å². The Hall–Kier alpha value is -3.08. The third-order valence-corrected chi connectivity index (χ3v) is 4.63. The Labute approximate surface area is 159 Å². The molecule has 1 amide bonds. The molecule has 0 N–H and O–H groups in total. The lowest BCUT2D eigenvalue weighted by molar-refractivity contribution is -0.134. The molecule has 5 heteroatoms. The van der Waals surface area contributed by atoms with E-state index in [-0.39, 0.29) is 12.5 Å². The molecule has 0 unspecified atom stereocenters. The van der Waals surface area contributed by atoms with Crippen LogP contribution in [0.1, 0.15) is 29.8 Å². The number of rotatable bonds is 7. The van der Waals surface area contributed by atoms with E-state index < -0.39 is 5.97 Å². The summed E-state index contributed by atoms with van der Waals surface area (Å²) in [5.74, 6) is -0.670. The Kier molecular flexibility index (Phi) is 5.91. The first kappa shape index (κ1) is 18.7. The maximum atomic E-state index is 12.6. The molecule has 0 bridgehead atoms. The van der Waals surface area contributed by atoms with Crippen LogP contribution in [0.15, 0.2) is 60.8 Å². The summed E-state index contributed by atoms with van der Waals surface area (Å²) in [6.07, 6.45) is 1.79. The predicted molar refractivity (Wildman–Crippen MR) is 105 cm³/mol. The second kappa shape index (κ2) is 8.54. The lowest BCUT2D eigenvalue weighted by Crippen LogP contribution is -2.34. The number of benzene rings is 2. The maximum Gasteiger partial charge on any atom is 0.340 e. The molecule has 3 rings (SSSR count). The first-order chi connectivity index (χ1) is 13.1. The molecule has 0 radical (unpaired) electrons. The second-order valence-corrected chi connectivity index (χ2v) is 6.32. The number of hydrogen-bond donors (Lipinski definition) is 0. The Balaban J connectivity index is 1.67. The van der Waals surface area contributed by atoms with Gasteiger partial charge in [0.05, 0.1) is 5.56 Å². The average Bonchev–Trinajstić information content (AvgIpc) is 3.09. The van der Waals surface area contributed by atoms with Gasteiger partial charge in [-0.2, -0.15) is 0 Å². The van der Waals surface area contributed by atoms with Gasteiger partial charge in [0.1, 0.15) is 0 Å². The van der Waals surface area contributed by atoms with Gasteiger partial charge in [0.25, 0.3) is 5.91 Å². The summed E-state index contributed by atoms with van der Waals surface area (Å²) < 4.78 is 7.33. The number of para-hydroxylation sites is 1. The van der Waals surface area contributed by atoms with Gasteiger partial charge >= 0.3 is 5.97 Å². The zero-order valence-electron chi connectivity index (χ0n) is 15.7. The molecular formula is C22H24N2O3. The largest absolute Gasteiger partial charge is 0.452 e. The predicted octanol–water partition coefficient (Wildman–Crippen LogP) is 3.87. The minimum atomic E-state index is -0.470. The van der Waals surface area contributed by atoms with Crippen LogP contribution in [0, 0.1) is 0 Å². The van der Waals surface area contributed by atoms with Crippen LogP contribution in [0.5, 0.6) is 0 Å². The van der Waals surface area contributed by atoms with Crippen molar-refractivity contribution in [1.29, 1.82) is 0 Å². The number of carbonyl (C=O) groups is 2. The zero-order chi connectivity index (χ0) is 19.2. The van der Waals surface area contributed by atoms with E-state index in [0.29, 0.717) is 18.7 Å². The van der Waals surface area contributed by atoms with Crippen molar-refractivity contribution in [2.75, 3.05) is 13.2 Å². The van der Waals surface area contributed by atoms with E-state index in [2.05, 4.69) is 0 Å². The van der Waals surface area contributed by atoms with E-state index in [1.165, 1.54) is 0 Å². The molecule has 0 fully saturated rings. The normalized spacial score (nSPS) is 10.7. The van der Waals surface area contributed by atoms with Crippen molar-refractivity contribution < 1.29 is 14.3 Å². The molecule has 0 aliphatic rings. The van der Waals surface area contributed by atoms with Crippen molar-refractivity contribution in [2.24, 2.45) is 0 Å². The first-order valence-electron chi connectivity index (χ1n) is 9.20. The van der Waals surface area contributed by atoms with Crippen molar-refractivity contribution >= 4 is 22.8 Å². The fourth-order valence-electron chi connectivity index (χ4n) is 3.15. The van der Waals surface area contributed by atoms with Gasteiger partial charge in [-0.1, -0.05) is 48.5 Å². The number of amides is 1. The molecule has 0 spiro atoms. The highest BCUT2D eigenvalue weighted by molar-refractivity contribution is 6.04. The van der Waals surface area contributed by atoms with Crippen LogP contribution in [0.2, 0.25) is 0 Å². The Morgan fingerprint density at radius 1 is 1.00 bits per heavy atom. The summed E-state index contributed by atoms with van der Waals surface area (Å²) in [4.78, 5) is 26.7. The molecule has 1 heterocycles. The number of carbonyl (C=O) groups excluding carboxylic acids is 2. The summed E-state index contributed by atoms with van der Waals surface area (Å²) in [6.45, 7) is 5.49. The standard InChI is InChI=1S/C22H24N2O3/c1-3-23-15-19(18-12-8-9-13-20(18)23)22(26)27-16-21(25)24(4-2)14-17-10-6-5-7-11-17/h5-13,15H,3-4,14,16H2,1-2H3. The monoisotopic (exact) mass is 364 g/mol. The summed E-state index contributed by atoms with van der Waals surface area (Å²) in [6, 6.07) is 17.5. The summed E-state index contributed by atoms with van der Waals surface area (Å²) in [5, 5.41) is 0.841. The van der Waals surface area contributed by atoms with Gasteiger partial charge in [-0.25, -0.2) is 4.79 Å². The van der Waals surface area contributed by atoms with Crippen molar-refractivity contribution in [3.05, 3.63) is 71.9 Å². The SMILES string of the molecule is CCN(Cc1ccccc1)C(=O)COC(=O)c1cn(CC)c2ccccc12. The average molecular weight is 364 g/mol. The number of likely N-dealkylation sites (N-methyl/N-ethyl adjacent to an activating group) is 1. The van der Waals surface area contributed by atoms with Crippen LogP contribution in [0.3, 0.4) is 0 Å². The highest BCUT2D eigenvalue weighted by Gasteiger charge is 2.19. The molecule has 0 atom stereocenters. The van der Waals surface area contributed by atoms with E-state index in [1.807, 2.05) is 73.0 Å². The van der Waals surface area contributed by atoms with Crippen molar-refractivity contribution in [2.45, 2.75) is 26.9 Å². The number of aromatic nitrogens is 1. The van der Waals surface area contributed by atoms with Crippen molar-refractivity contribution in [3.8, 4) is 0 Å². The molecule has 5 nitrogen and oxygen atoms in total. The van der Waals surface area contributed by atoms with Crippen LogP contribution in [-0.4, -0.2) is 34.5 Å². The lowest BCUT2D eigenvalue weighted by atomic mass is 10.2. The molecule has 140 valence electrons. The van der Waals surface area contributed by atoms with E-state index in [9.17, 15) is 9.59 Å². The quantitative estimate of drug-likeness (QED) is 0.598. The molecule has 1 aromatic heterocycles. The van der Waals surface area contributed by atoms with Gasteiger partial charge in [-0.15, -0.1) is 0 Å². The van der Waals surface area contributed by atoms with Crippen molar-refractivity contribution in [1.82, 2.24) is 9.47 Å². The van der Waals surface area contributed by atoms with Gasteiger partial charge in [0.15, 0.2) is 6.61 Å². The molecule has 27 heavy (non-hydrogen) atoms. The molecule has 3 aromatic rings. The zero-order valence-corrected chi connectivity index (χ0v) is 15.7. The van der Waals surface area contributed by atoms with E-state index in [1.54, 1.807) is 11.1 Å². The van der Waals surface area contributed by atoms with Gasteiger partial charge in [-0.3, -0.25) is 4.79 Å². The number of hydrogen-bond acceptors (Lipinski definition) is 3. The second-order valence-electron chi connectivity index (χ2n) is 6.32. The number of nitrogens with zero attached hydrogens (tertiary/aromatic N) is 2. The maximum absolute atomic E-state index is 12.6. The minimum absolute atomic E-state index is 0.200. The molecule has 0 aliphatic heterocycles. The first-order valence-corrected chi connectivity index (χ1v) is 9.20. The highest BCUT2D eigenvalue weighted by atomic mass is 16.5. The highest BCUT2D eigenvalue weighted by Crippen LogP contribution is 2.22. The molecule has 0 saturated carbocycles. The Morgan fingerprint density at radius 2 is 1.70 bits per heavy atom. The van der Waals surface area contributed by atoms with Crippen molar-refractivity contribution in [3.63, 3.8) is 0 Å². The van der Waals surface area contributed by atoms with Crippen LogP contribution < -0.4 is 0 Å². The van der Waals surface area contributed by atoms with Crippen LogP contribution in [0.25, 0.3) is 10.9 Å². The molecular weight excluding hydrogens is 340 g/mol. The van der Waals surface area contributed by atoms with Crippen LogP contribution in [0.4, 0.5) is 0 Å². The molecule has 2 aromatic carbocycles. The third-order valence-electron chi connectivity index (χ3n) is 4.63. The number of aryl methyl sites for hydroxylation is 1. The van der Waals surface area contributed by atoms with E-state index in [4.69, 9.17) is 4.74 Å². The minimum Gasteiger partial charge on any atom is -0.452 e. The fourth-order valence-corrected chi connectivity index (χ4v) is 3.15. The fraction of sp³-hybridized carbons (Fsp3) is 0.273. The van der Waals surface area contributed by atoms with Crippen LogP contribution >= 0.6 is 0 Å². The topological polar surface area (TPSA) is 51.5 Å². The van der Waals surface area contributed by atoms with E-state index in [0.717, 1.165) is 23.0 Å². The van der Waals surface area contributed by atoms with E-state index >= 15 is 0 Å². The lowest BCUT2D eigenvalue weighted by Gasteiger charge is -2.20.